The Hall–Kier alpha value is -0.830. The summed E-state index contributed by atoms with van der Waals surface area (Å²) in [5.74, 6) is -11.7. The molecule has 2 nitrogen and oxygen atoms in total. The molecule has 0 aliphatic rings. The molecule has 16 heavy (non-hydrogen) atoms. The van der Waals surface area contributed by atoms with Crippen LogP contribution in [0.4, 0.5) is 22.0 Å². The first-order chi connectivity index (χ1) is 7.24. The van der Waals surface area contributed by atoms with Crippen LogP contribution in [0.2, 0.25) is 0 Å². The summed E-state index contributed by atoms with van der Waals surface area (Å²) in [4.78, 5) is -1.82. The van der Waals surface area contributed by atoms with Crippen molar-refractivity contribution in [2.75, 3.05) is 6.26 Å². The minimum atomic E-state index is -4.60. The van der Waals surface area contributed by atoms with Gasteiger partial charge in [-0.25, -0.2) is 30.4 Å². The molecule has 90 valence electrons. The van der Waals surface area contributed by atoms with Gasteiger partial charge in [0.15, 0.2) is 28.2 Å². The van der Waals surface area contributed by atoms with Crippen LogP contribution in [0.15, 0.2) is 4.90 Å². The topological polar surface area (TPSA) is 34.1 Å². The van der Waals surface area contributed by atoms with Crippen LogP contribution >= 0.6 is 10.8 Å². The van der Waals surface area contributed by atoms with E-state index in [0.717, 1.165) is 6.26 Å². The molecule has 1 aromatic rings. The maximum atomic E-state index is 13.0. The van der Waals surface area contributed by atoms with Crippen molar-refractivity contribution in [3.8, 4) is 0 Å². The van der Waals surface area contributed by atoms with Crippen molar-refractivity contribution < 1.29 is 30.4 Å². The maximum Gasteiger partial charge on any atom is 0.235 e. The normalized spacial score (nSPS) is 11.9. The highest BCUT2D eigenvalue weighted by atomic mass is 33.1. The average Bonchev–Trinajstić information content (AvgIpc) is 2.23. The lowest BCUT2D eigenvalue weighted by Gasteiger charge is -2.06. The lowest BCUT2D eigenvalue weighted by Crippen LogP contribution is -2.10. The first kappa shape index (κ1) is 13.2. The molecular weight excluding hydrogens is 275 g/mol. The van der Waals surface area contributed by atoms with E-state index in [-0.39, 0.29) is 10.8 Å². The van der Waals surface area contributed by atoms with Crippen LogP contribution in [0.25, 0.3) is 0 Å². The van der Waals surface area contributed by atoms with Crippen LogP contribution < -0.4 is 0 Å². The molecule has 1 aromatic carbocycles. The van der Waals surface area contributed by atoms with E-state index in [1.54, 1.807) is 0 Å². The van der Waals surface area contributed by atoms with Crippen LogP contribution in [0, 0.1) is 29.1 Å². The summed E-state index contributed by atoms with van der Waals surface area (Å²) in [6.45, 7) is 0. The molecule has 0 aliphatic carbocycles. The van der Waals surface area contributed by atoms with Gasteiger partial charge in [-0.3, -0.25) is 0 Å². The highest BCUT2D eigenvalue weighted by Gasteiger charge is 2.32. The Bertz CT molecular complexity index is 511. The van der Waals surface area contributed by atoms with Crippen molar-refractivity contribution in [1.29, 1.82) is 0 Å². The van der Waals surface area contributed by atoms with Crippen molar-refractivity contribution >= 4 is 19.7 Å². The third-order valence-corrected chi connectivity index (χ3v) is 4.75. The van der Waals surface area contributed by atoms with Gasteiger partial charge >= 0.3 is 0 Å². The molecule has 0 radical (unpaired) electrons. The van der Waals surface area contributed by atoms with E-state index in [9.17, 15) is 30.4 Å². The van der Waals surface area contributed by atoms with E-state index in [4.69, 9.17) is 0 Å². The number of halogens is 5. The number of hydrogen-bond acceptors (Lipinski definition) is 3. The fraction of sp³-hybridized carbons (Fsp3) is 0.143. The van der Waals surface area contributed by atoms with E-state index in [0.29, 0.717) is 0 Å². The molecule has 0 N–H and O–H groups in total. The third-order valence-electron chi connectivity index (χ3n) is 1.64. The maximum absolute atomic E-state index is 13.0. The Balaban J connectivity index is 3.79. The number of rotatable bonds is 2. The van der Waals surface area contributed by atoms with Crippen LogP contribution in [0.3, 0.4) is 0 Å². The van der Waals surface area contributed by atoms with E-state index in [1.165, 1.54) is 0 Å². The van der Waals surface area contributed by atoms with Crippen molar-refractivity contribution in [2.24, 2.45) is 0 Å². The van der Waals surface area contributed by atoms with Gasteiger partial charge in [0.05, 0.1) is 0 Å². The molecule has 0 heterocycles. The molecule has 1 rings (SSSR count). The summed E-state index contributed by atoms with van der Waals surface area (Å²) >= 11 is 0. The van der Waals surface area contributed by atoms with Gasteiger partial charge in [-0.05, 0) is 17.0 Å². The van der Waals surface area contributed by atoms with Gasteiger partial charge in [-0.1, -0.05) is 0 Å². The lowest BCUT2D eigenvalue weighted by atomic mass is 10.3. The van der Waals surface area contributed by atoms with Crippen LogP contribution in [0.5, 0.6) is 0 Å². The molecule has 0 aromatic heterocycles. The average molecular weight is 278 g/mol. The number of hydrogen-bond donors (Lipinski definition) is 0. The smallest absolute Gasteiger partial charge is 0.212 e. The van der Waals surface area contributed by atoms with Gasteiger partial charge in [0.2, 0.25) is 14.7 Å². The van der Waals surface area contributed by atoms with E-state index in [1.807, 2.05) is 0 Å². The largest absolute Gasteiger partial charge is 0.235 e. The van der Waals surface area contributed by atoms with E-state index in [2.05, 4.69) is 0 Å². The minimum Gasteiger partial charge on any atom is -0.212 e. The molecule has 0 amide bonds. The zero-order valence-corrected chi connectivity index (χ0v) is 9.16. The molecule has 0 atom stereocenters. The second-order valence-electron chi connectivity index (χ2n) is 2.52. The predicted octanol–water partition coefficient (Wildman–Crippen LogP) is 2.43. The minimum absolute atomic E-state index is 0.0318. The molecule has 0 bridgehead atoms. The molecule has 0 unspecified atom stereocenters. The Labute approximate surface area is 90.8 Å². The summed E-state index contributed by atoms with van der Waals surface area (Å²) < 4.78 is 85.9. The molecule has 0 saturated heterocycles. The van der Waals surface area contributed by atoms with Gasteiger partial charge in [0.25, 0.3) is 0 Å². The van der Waals surface area contributed by atoms with E-state index >= 15 is 0 Å². The Morgan fingerprint density at radius 2 is 1.12 bits per heavy atom. The standard InChI is InChI=1S/C7H3F5O2S2/c1-15-16(13,14)7-5(11)3(9)2(8)4(10)6(7)12/h1H3. The summed E-state index contributed by atoms with van der Waals surface area (Å²) in [5.41, 5.74) is 0. The molecule has 0 saturated carbocycles. The van der Waals surface area contributed by atoms with Crippen molar-refractivity contribution in [3.05, 3.63) is 29.1 Å². The molecule has 0 aliphatic heterocycles. The summed E-state index contributed by atoms with van der Waals surface area (Å²) in [6, 6.07) is 0. The predicted molar refractivity (Wildman–Crippen MR) is 46.9 cm³/mol. The van der Waals surface area contributed by atoms with Crippen LogP contribution in [-0.2, 0) is 8.87 Å². The number of benzene rings is 1. The first-order valence-electron chi connectivity index (χ1n) is 3.56. The zero-order valence-electron chi connectivity index (χ0n) is 7.52. The van der Waals surface area contributed by atoms with Crippen LogP contribution in [0.1, 0.15) is 0 Å². The highest BCUT2D eigenvalue weighted by Crippen LogP contribution is 2.31. The third kappa shape index (κ3) is 1.88. The highest BCUT2D eigenvalue weighted by molar-refractivity contribution is 8.71. The van der Waals surface area contributed by atoms with Gasteiger partial charge in [-0.15, -0.1) is 0 Å². The second-order valence-corrected chi connectivity index (χ2v) is 6.49. The van der Waals surface area contributed by atoms with Crippen molar-refractivity contribution in [1.82, 2.24) is 0 Å². The van der Waals surface area contributed by atoms with Crippen molar-refractivity contribution in [3.63, 3.8) is 0 Å². The van der Waals surface area contributed by atoms with Crippen molar-refractivity contribution in [2.45, 2.75) is 4.90 Å². The lowest BCUT2D eigenvalue weighted by molar-refractivity contribution is 0.358. The van der Waals surface area contributed by atoms with Gasteiger partial charge in [0.1, 0.15) is 0 Å². The molecule has 9 heteroatoms. The van der Waals surface area contributed by atoms with E-state index < -0.39 is 42.9 Å². The van der Waals surface area contributed by atoms with Gasteiger partial charge in [0, 0.05) is 0 Å². The Morgan fingerprint density at radius 3 is 1.44 bits per heavy atom. The Kier molecular flexibility index (Phi) is 3.48. The summed E-state index contributed by atoms with van der Waals surface area (Å²) in [7, 11) is -4.63. The molecule has 0 spiro atoms. The van der Waals surface area contributed by atoms with Gasteiger partial charge in [-0.2, -0.15) is 0 Å². The first-order valence-corrected chi connectivity index (χ1v) is 6.78. The summed E-state index contributed by atoms with van der Waals surface area (Å²) in [5, 5.41) is 0. The Morgan fingerprint density at radius 1 is 0.812 bits per heavy atom. The van der Waals surface area contributed by atoms with Gasteiger partial charge < -0.3 is 0 Å². The fourth-order valence-electron chi connectivity index (χ4n) is 0.888. The molecule has 0 fully saturated rings. The quantitative estimate of drug-likeness (QED) is 0.360. The summed E-state index contributed by atoms with van der Waals surface area (Å²) in [6.07, 6.45) is 0.938. The zero-order chi connectivity index (χ0) is 12.7. The fourth-order valence-corrected chi connectivity index (χ4v) is 2.61. The SMILES string of the molecule is CSS(=O)(=O)c1c(F)c(F)c(F)c(F)c1F. The molecular formula is C7H3F5O2S2. The monoisotopic (exact) mass is 278 g/mol. The van der Waals surface area contributed by atoms with Crippen LogP contribution in [-0.4, -0.2) is 14.7 Å². The second kappa shape index (κ2) is 4.21.